The lowest BCUT2D eigenvalue weighted by Crippen LogP contribution is -2.30. The molecule has 1 amide bonds. The van der Waals surface area contributed by atoms with Gasteiger partial charge in [0.2, 0.25) is 0 Å². The highest BCUT2D eigenvalue weighted by Crippen LogP contribution is 2.35. The number of anilines is 2. The number of nitrogens with zero attached hydrogens (tertiary/aromatic N) is 3. The van der Waals surface area contributed by atoms with E-state index in [2.05, 4.69) is 41.7 Å². The Hall–Kier alpha value is -3.17. The van der Waals surface area contributed by atoms with Crippen molar-refractivity contribution in [3.63, 3.8) is 0 Å². The van der Waals surface area contributed by atoms with E-state index < -0.39 is 0 Å². The number of halogens is 1. The molecule has 0 fully saturated rings. The first-order valence-corrected chi connectivity index (χ1v) is 10.2. The Morgan fingerprint density at radius 2 is 1.83 bits per heavy atom. The lowest BCUT2D eigenvalue weighted by atomic mass is 10.2. The summed E-state index contributed by atoms with van der Waals surface area (Å²) in [6.45, 7) is 0. The minimum Gasteiger partial charge on any atom is -0.393 e. The predicted octanol–water partition coefficient (Wildman–Crippen LogP) is 4.28. The molecular formula is C20H15BrN6OS. The number of amides is 1. The third-order valence-corrected chi connectivity index (χ3v) is 5.82. The number of fused-ring (bicyclic) bond motifs is 1. The number of hydrogen-bond acceptors (Lipinski definition) is 7. The quantitative estimate of drug-likeness (QED) is 0.297. The van der Waals surface area contributed by atoms with Crippen molar-refractivity contribution in [2.24, 2.45) is 0 Å². The predicted molar refractivity (Wildman–Crippen MR) is 118 cm³/mol. The summed E-state index contributed by atoms with van der Waals surface area (Å²) >= 11 is 4.75. The van der Waals surface area contributed by atoms with Crippen molar-refractivity contribution in [2.45, 2.75) is 9.92 Å². The smallest absolute Gasteiger partial charge is 0.270 e. The molecule has 0 spiro atoms. The topological polar surface area (TPSA) is 106 Å². The zero-order valence-corrected chi connectivity index (χ0v) is 17.4. The number of carbonyl (C=O) groups is 1. The second-order valence-corrected chi connectivity index (χ2v) is 7.82. The first-order chi connectivity index (χ1) is 14.1. The van der Waals surface area contributed by atoms with Crippen molar-refractivity contribution >= 4 is 56.0 Å². The standard InChI is InChI=1S/C20H15BrN6OS/c21-14-8-2-1-7-13(14)19(28)27-26-18-16(22)20(25-11-24-18)29-15-9-3-5-12-6-4-10-23-17(12)15/h1-11H,22H2,(H,27,28)(H,24,25,26). The third-order valence-electron chi connectivity index (χ3n) is 4.06. The Bertz CT molecular complexity index is 1200. The summed E-state index contributed by atoms with van der Waals surface area (Å²) in [5.74, 6) is -0.000886. The number of hydrogen-bond donors (Lipinski definition) is 3. The number of aromatic nitrogens is 3. The molecule has 0 aliphatic carbocycles. The number of nitrogens with two attached hydrogens (primary N) is 1. The van der Waals surface area contributed by atoms with Crippen LogP contribution in [0.1, 0.15) is 10.4 Å². The van der Waals surface area contributed by atoms with Crippen LogP contribution in [0, 0.1) is 0 Å². The Labute approximate surface area is 179 Å². The fraction of sp³-hybridized carbons (Fsp3) is 0. The molecule has 29 heavy (non-hydrogen) atoms. The van der Waals surface area contributed by atoms with Gasteiger partial charge in [0.05, 0.1) is 11.1 Å². The maximum Gasteiger partial charge on any atom is 0.270 e. The van der Waals surface area contributed by atoms with Crippen LogP contribution in [0.25, 0.3) is 10.9 Å². The molecule has 2 heterocycles. The van der Waals surface area contributed by atoms with Crippen LogP contribution < -0.4 is 16.6 Å². The minimum atomic E-state index is -0.317. The van der Waals surface area contributed by atoms with Gasteiger partial charge in [-0.25, -0.2) is 9.97 Å². The normalized spacial score (nSPS) is 10.7. The van der Waals surface area contributed by atoms with Crippen LogP contribution >= 0.6 is 27.7 Å². The number of benzene rings is 2. The van der Waals surface area contributed by atoms with Gasteiger partial charge >= 0.3 is 0 Å². The second kappa shape index (κ2) is 8.46. The average molecular weight is 467 g/mol. The van der Waals surface area contributed by atoms with E-state index >= 15 is 0 Å². The highest BCUT2D eigenvalue weighted by atomic mass is 79.9. The molecule has 0 aliphatic heterocycles. The monoisotopic (exact) mass is 466 g/mol. The van der Waals surface area contributed by atoms with E-state index in [0.29, 0.717) is 26.6 Å². The summed E-state index contributed by atoms with van der Waals surface area (Å²) in [5, 5.41) is 1.60. The summed E-state index contributed by atoms with van der Waals surface area (Å²) in [4.78, 5) is 26.2. The minimum absolute atomic E-state index is 0.316. The maximum absolute atomic E-state index is 12.4. The van der Waals surface area contributed by atoms with Crippen LogP contribution in [-0.4, -0.2) is 20.9 Å². The van der Waals surface area contributed by atoms with Gasteiger partial charge in [0.1, 0.15) is 17.0 Å². The molecule has 2 aromatic heterocycles. The number of para-hydroxylation sites is 1. The van der Waals surface area contributed by atoms with Gasteiger partial charge in [-0.05, 0) is 40.2 Å². The van der Waals surface area contributed by atoms with Crippen LogP contribution in [0.3, 0.4) is 0 Å². The van der Waals surface area contributed by atoms with Gasteiger partial charge in [-0.2, -0.15) is 0 Å². The number of hydrazine groups is 1. The Morgan fingerprint density at radius 1 is 1.00 bits per heavy atom. The van der Waals surface area contributed by atoms with E-state index in [0.717, 1.165) is 15.8 Å². The van der Waals surface area contributed by atoms with Crippen molar-refractivity contribution in [3.05, 3.63) is 77.2 Å². The van der Waals surface area contributed by atoms with Crippen LogP contribution in [0.2, 0.25) is 0 Å². The SMILES string of the molecule is Nc1c(NNC(=O)c2ccccc2Br)ncnc1Sc1cccc2cccnc12. The molecule has 4 rings (SSSR count). The molecular weight excluding hydrogens is 452 g/mol. The fourth-order valence-electron chi connectivity index (χ4n) is 2.65. The fourth-order valence-corrected chi connectivity index (χ4v) is 4.05. The maximum atomic E-state index is 12.4. The molecule has 0 unspecified atom stereocenters. The Morgan fingerprint density at radius 3 is 2.69 bits per heavy atom. The number of nitrogens with one attached hydrogen (secondary N) is 2. The van der Waals surface area contributed by atoms with Gasteiger partial charge in [-0.1, -0.05) is 42.1 Å². The first kappa shape index (κ1) is 19.2. The van der Waals surface area contributed by atoms with E-state index in [-0.39, 0.29) is 5.91 Å². The molecule has 0 atom stereocenters. The van der Waals surface area contributed by atoms with E-state index in [4.69, 9.17) is 5.73 Å². The van der Waals surface area contributed by atoms with Crippen molar-refractivity contribution in [3.8, 4) is 0 Å². The van der Waals surface area contributed by atoms with Gasteiger partial charge in [-0.15, -0.1) is 0 Å². The van der Waals surface area contributed by atoms with E-state index in [1.807, 2.05) is 36.4 Å². The number of carbonyl (C=O) groups excluding carboxylic acids is 1. The van der Waals surface area contributed by atoms with Gasteiger partial charge < -0.3 is 5.73 Å². The molecule has 0 saturated heterocycles. The highest BCUT2D eigenvalue weighted by Gasteiger charge is 2.14. The second-order valence-electron chi connectivity index (χ2n) is 5.93. The van der Waals surface area contributed by atoms with E-state index in [1.54, 1.807) is 24.4 Å². The summed E-state index contributed by atoms with van der Waals surface area (Å²) < 4.78 is 0.689. The average Bonchev–Trinajstić information content (AvgIpc) is 2.75. The van der Waals surface area contributed by atoms with Crippen LogP contribution in [0.5, 0.6) is 0 Å². The van der Waals surface area contributed by atoms with E-state index in [1.165, 1.54) is 18.1 Å². The summed E-state index contributed by atoms with van der Waals surface area (Å²) in [6.07, 6.45) is 3.14. The van der Waals surface area contributed by atoms with Crippen molar-refractivity contribution < 1.29 is 4.79 Å². The van der Waals surface area contributed by atoms with Gasteiger partial charge in [-0.3, -0.25) is 20.6 Å². The zero-order chi connectivity index (χ0) is 20.2. The van der Waals surface area contributed by atoms with Crippen molar-refractivity contribution in [1.82, 2.24) is 20.4 Å². The molecule has 4 N–H and O–H groups in total. The van der Waals surface area contributed by atoms with Crippen LogP contribution in [-0.2, 0) is 0 Å². The van der Waals surface area contributed by atoms with E-state index in [9.17, 15) is 4.79 Å². The summed E-state index contributed by atoms with van der Waals surface area (Å²) in [6, 6.07) is 16.9. The molecule has 7 nitrogen and oxygen atoms in total. The van der Waals surface area contributed by atoms with Crippen molar-refractivity contribution in [1.29, 1.82) is 0 Å². The third kappa shape index (κ3) is 4.15. The molecule has 0 saturated carbocycles. The molecule has 0 radical (unpaired) electrons. The molecule has 4 aromatic rings. The number of nitrogen functional groups attached to an aromatic ring is 1. The molecule has 0 aliphatic rings. The number of pyridine rings is 1. The Balaban J connectivity index is 1.55. The lowest BCUT2D eigenvalue weighted by Gasteiger charge is -2.12. The molecule has 2 aromatic carbocycles. The Kier molecular flexibility index (Phi) is 5.59. The lowest BCUT2D eigenvalue weighted by molar-refractivity contribution is 0.0961. The first-order valence-electron chi connectivity index (χ1n) is 8.56. The van der Waals surface area contributed by atoms with Crippen molar-refractivity contribution in [2.75, 3.05) is 11.2 Å². The summed E-state index contributed by atoms with van der Waals surface area (Å²) in [7, 11) is 0. The van der Waals surface area contributed by atoms with Gasteiger partial charge in [0.25, 0.3) is 5.91 Å². The zero-order valence-electron chi connectivity index (χ0n) is 15.0. The van der Waals surface area contributed by atoms with Gasteiger partial charge in [0, 0.05) is 21.0 Å². The van der Waals surface area contributed by atoms with Crippen LogP contribution in [0.15, 0.2) is 81.5 Å². The molecule has 9 heteroatoms. The largest absolute Gasteiger partial charge is 0.393 e. The summed E-state index contributed by atoms with van der Waals surface area (Å²) in [5.41, 5.74) is 13.3. The molecule has 144 valence electrons. The molecule has 0 bridgehead atoms. The highest BCUT2D eigenvalue weighted by molar-refractivity contribution is 9.10. The van der Waals surface area contributed by atoms with Crippen LogP contribution in [0.4, 0.5) is 11.5 Å². The van der Waals surface area contributed by atoms with Gasteiger partial charge in [0.15, 0.2) is 5.82 Å². The number of rotatable bonds is 5.